The van der Waals surface area contributed by atoms with Gasteiger partial charge in [-0.3, -0.25) is 4.99 Å². The standard InChI is InChI=1S/C20H32N4O3/c1-14(2)26-17-10-6-15(7-11-17)23-18(21)22-12-13-24(16-8-9-16)19(25)27-20(3,4)5/h6-7,10-11,14,16H,8-9,12-13H2,1-5H3,(H3,21,22,23). The third-order valence-corrected chi connectivity index (χ3v) is 3.74. The lowest BCUT2D eigenvalue weighted by Crippen LogP contribution is -2.40. The smallest absolute Gasteiger partial charge is 0.410 e. The summed E-state index contributed by atoms with van der Waals surface area (Å²) in [5.74, 6) is 1.12. The Balaban J connectivity index is 1.84. The number of nitrogens with one attached hydrogen (secondary N) is 1. The number of carbonyl (C=O) groups excluding carboxylic acids is 1. The summed E-state index contributed by atoms with van der Waals surface area (Å²) in [7, 11) is 0. The normalized spacial score (nSPS) is 14.8. The van der Waals surface area contributed by atoms with E-state index in [-0.39, 0.29) is 18.2 Å². The lowest BCUT2D eigenvalue weighted by molar-refractivity contribution is 0.0240. The van der Waals surface area contributed by atoms with Crippen LogP contribution < -0.4 is 15.8 Å². The average Bonchev–Trinajstić information content (AvgIpc) is 3.36. The summed E-state index contributed by atoms with van der Waals surface area (Å²) in [4.78, 5) is 18.4. The van der Waals surface area contributed by atoms with Crippen molar-refractivity contribution in [2.75, 3.05) is 18.4 Å². The number of hydrogen-bond acceptors (Lipinski definition) is 4. The maximum Gasteiger partial charge on any atom is 0.410 e. The highest BCUT2D eigenvalue weighted by Crippen LogP contribution is 2.28. The van der Waals surface area contributed by atoms with Gasteiger partial charge in [0.05, 0.1) is 12.6 Å². The van der Waals surface area contributed by atoms with Crippen molar-refractivity contribution in [1.29, 1.82) is 0 Å². The summed E-state index contributed by atoms with van der Waals surface area (Å²) in [5, 5.41) is 3.05. The number of benzene rings is 1. The quantitative estimate of drug-likeness (QED) is 0.561. The van der Waals surface area contributed by atoms with Gasteiger partial charge in [0.25, 0.3) is 0 Å². The van der Waals surface area contributed by atoms with E-state index in [2.05, 4.69) is 10.3 Å². The first-order valence-electron chi connectivity index (χ1n) is 9.47. The Morgan fingerprint density at radius 3 is 2.44 bits per heavy atom. The van der Waals surface area contributed by atoms with Crippen molar-refractivity contribution in [2.45, 2.75) is 65.2 Å². The van der Waals surface area contributed by atoms with Gasteiger partial charge >= 0.3 is 6.09 Å². The lowest BCUT2D eigenvalue weighted by Gasteiger charge is -2.27. The molecule has 0 atom stereocenters. The third-order valence-electron chi connectivity index (χ3n) is 3.74. The average molecular weight is 377 g/mol. The Kier molecular flexibility index (Phi) is 6.93. The molecule has 0 spiro atoms. The van der Waals surface area contributed by atoms with Gasteiger partial charge in [0.2, 0.25) is 0 Å². The second kappa shape index (κ2) is 8.97. The van der Waals surface area contributed by atoms with Crippen molar-refractivity contribution < 1.29 is 14.3 Å². The van der Waals surface area contributed by atoms with E-state index < -0.39 is 5.60 Å². The van der Waals surface area contributed by atoms with Gasteiger partial charge in [0, 0.05) is 18.3 Å². The highest BCUT2D eigenvalue weighted by molar-refractivity contribution is 5.92. The van der Waals surface area contributed by atoms with Gasteiger partial charge in [0.15, 0.2) is 5.96 Å². The number of ether oxygens (including phenoxy) is 2. The molecule has 0 saturated heterocycles. The minimum absolute atomic E-state index is 0.134. The highest BCUT2D eigenvalue weighted by Gasteiger charge is 2.34. The maximum absolute atomic E-state index is 12.3. The SMILES string of the molecule is CC(C)Oc1ccc(NC(N)=NCCN(C(=O)OC(C)(C)C)C2CC2)cc1. The molecule has 0 radical (unpaired) electrons. The van der Waals surface area contributed by atoms with Crippen molar-refractivity contribution in [3.8, 4) is 5.75 Å². The van der Waals surface area contributed by atoms with Crippen LogP contribution in [0.5, 0.6) is 5.75 Å². The maximum atomic E-state index is 12.3. The van der Waals surface area contributed by atoms with Crippen LogP contribution in [-0.2, 0) is 4.74 Å². The molecule has 1 aromatic rings. The van der Waals surface area contributed by atoms with E-state index in [0.717, 1.165) is 24.3 Å². The molecule has 3 N–H and O–H groups in total. The minimum Gasteiger partial charge on any atom is -0.491 e. The zero-order chi connectivity index (χ0) is 20.0. The molecule has 0 aromatic heterocycles. The van der Waals surface area contributed by atoms with E-state index in [1.54, 1.807) is 4.90 Å². The molecular weight excluding hydrogens is 344 g/mol. The van der Waals surface area contributed by atoms with Crippen LogP contribution in [0, 0.1) is 0 Å². The molecule has 1 aliphatic carbocycles. The van der Waals surface area contributed by atoms with E-state index in [1.165, 1.54) is 0 Å². The van der Waals surface area contributed by atoms with E-state index in [4.69, 9.17) is 15.2 Å². The van der Waals surface area contributed by atoms with Gasteiger partial charge in [-0.2, -0.15) is 0 Å². The van der Waals surface area contributed by atoms with Crippen molar-refractivity contribution in [3.63, 3.8) is 0 Å². The summed E-state index contributed by atoms with van der Waals surface area (Å²) in [6, 6.07) is 7.80. The molecule has 1 amide bonds. The number of amides is 1. The molecule has 0 heterocycles. The fraction of sp³-hybridized carbons (Fsp3) is 0.600. The van der Waals surface area contributed by atoms with Gasteiger partial charge < -0.3 is 25.4 Å². The Morgan fingerprint density at radius 2 is 1.93 bits per heavy atom. The number of anilines is 1. The zero-order valence-electron chi connectivity index (χ0n) is 17.0. The number of nitrogens with zero attached hydrogens (tertiary/aromatic N) is 2. The van der Waals surface area contributed by atoms with Crippen LogP contribution in [0.1, 0.15) is 47.5 Å². The first kappa shape index (κ1) is 20.9. The van der Waals surface area contributed by atoms with E-state index in [9.17, 15) is 4.79 Å². The van der Waals surface area contributed by atoms with Crippen molar-refractivity contribution >= 4 is 17.7 Å². The number of carbonyl (C=O) groups is 1. The first-order chi connectivity index (χ1) is 12.6. The van der Waals surface area contributed by atoms with Crippen LogP contribution >= 0.6 is 0 Å². The Hall–Kier alpha value is -2.44. The third kappa shape index (κ3) is 7.76. The Morgan fingerprint density at radius 1 is 1.30 bits per heavy atom. The molecular formula is C20H32N4O3. The van der Waals surface area contributed by atoms with Gasteiger partial charge in [-0.25, -0.2) is 4.79 Å². The molecule has 0 bridgehead atoms. The Labute approximate surface area is 161 Å². The molecule has 27 heavy (non-hydrogen) atoms. The van der Waals surface area contributed by atoms with Gasteiger partial charge in [-0.15, -0.1) is 0 Å². The van der Waals surface area contributed by atoms with E-state index >= 15 is 0 Å². The molecule has 2 rings (SSSR count). The largest absolute Gasteiger partial charge is 0.491 e. The predicted octanol–water partition coefficient (Wildman–Crippen LogP) is 3.60. The number of rotatable bonds is 7. The molecule has 7 nitrogen and oxygen atoms in total. The molecule has 7 heteroatoms. The van der Waals surface area contributed by atoms with Crippen molar-refractivity contribution in [3.05, 3.63) is 24.3 Å². The van der Waals surface area contributed by atoms with Crippen LogP contribution in [0.4, 0.5) is 10.5 Å². The molecule has 1 aromatic carbocycles. The van der Waals surface area contributed by atoms with Crippen LogP contribution in [0.2, 0.25) is 0 Å². The predicted molar refractivity (Wildman–Crippen MR) is 108 cm³/mol. The molecule has 1 aliphatic rings. The topological polar surface area (TPSA) is 89.2 Å². The lowest BCUT2D eigenvalue weighted by atomic mass is 10.2. The monoisotopic (exact) mass is 376 g/mol. The number of aliphatic imine (C=N–C) groups is 1. The summed E-state index contributed by atoms with van der Waals surface area (Å²) in [6.07, 6.45) is 1.88. The van der Waals surface area contributed by atoms with Crippen LogP contribution in [0.25, 0.3) is 0 Å². The summed E-state index contributed by atoms with van der Waals surface area (Å²) in [6.45, 7) is 10.5. The molecule has 1 fully saturated rings. The van der Waals surface area contributed by atoms with Crippen LogP contribution in [0.15, 0.2) is 29.3 Å². The summed E-state index contributed by atoms with van der Waals surface area (Å²) >= 11 is 0. The number of guanidine groups is 1. The second-order valence-electron chi connectivity index (χ2n) is 7.99. The van der Waals surface area contributed by atoms with Crippen LogP contribution in [-0.4, -0.2) is 47.8 Å². The molecule has 1 saturated carbocycles. The summed E-state index contributed by atoms with van der Waals surface area (Å²) < 4.78 is 11.1. The number of hydrogen-bond donors (Lipinski definition) is 2. The highest BCUT2D eigenvalue weighted by atomic mass is 16.6. The van der Waals surface area contributed by atoms with Gasteiger partial charge in [-0.05, 0) is 71.7 Å². The van der Waals surface area contributed by atoms with Gasteiger partial charge in [-0.1, -0.05) is 0 Å². The first-order valence-corrected chi connectivity index (χ1v) is 9.47. The fourth-order valence-electron chi connectivity index (χ4n) is 2.48. The molecule has 150 valence electrons. The molecule has 0 aliphatic heterocycles. The van der Waals surface area contributed by atoms with Crippen LogP contribution in [0.3, 0.4) is 0 Å². The van der Waals surface area contributed by atoms with Crippen molar-refractivity contribution in [1.82, 2.24) is 4.90 Å². The Bertz CT molecular complexity index is 646. The number of nitrogens with two attached hydrogens (primary N) is 1. The summed E-state index contributed by atoms with van der Waals surface area (Å²) in [5.41, 5.74) is 6.28. The zero-order valence-corrected chi connectivity index (χ0v) is 17.0. The minimum atomic E-state index is -0.500. The van der Waals surface area contributed by atoms with E-state index in [1.807, 2.05) is 58.9 Å². The van der Waals surface area contributed by atoms with Gasteiger partial charge in [0.1, 0.15) is 11.4 Å². The fourth-order valence-corrected chi connectivity index (χ4v) is 2.48. The van der Waals surface area contributed by atoms with E-state index in [0.29, 0.717) is 19.0 Å². The molecule has 0 unspecified atom stereocenters. The van der Waals surface area contributed by atoms with Crippen molar-refractivity contribution in [2.24, 2.45) is 10.7 Å². The second-order valence-corrected chi connectivity index (χ2v) is 7.99.